The molecule has 0 fully saturated rings. The van der Waals surface area contributed by atoms with Gasteiger partial charge in [-0.2, -0.15) is 0 Å². The Morgan fingerprint density at radius 1 is 1.27 bits per heavy atom. The van der Waals surface area contributed by atoms with Gasteiger partial charge in [-0.15, -0.1) is 11.8 Å². The van der Waals surface area contributed by atoms with Crippen LogP contribution in [0, 0.1) is 0 Å². The van der Waals surface area contributed by atoms with Gasteiger partial charge in [-0.05, 0) is 12.1 Å². The van der Waals surface area contributed by atoms with E-state index in [0.29, 0.717) is 11.8 Å². The molecule has 1 aliphatic heterocycles. The summed E-state index contributed by atoms with van der Waals surface area (Å²) in [5.41, 5.74) is 0.0769. The summed E-state index contributed by atoms with van der Waals surface area (Å²) in [5, 5.41) is 11.2. The Balaban J connectivity index is 2.05. The highest BCUT2D eigenvalue weighted by atomic mass is 35.5. The summed E-state index contributed by atoms with van der Waals surface area (Å²) < 4.78 is 20.9. The third-order valence-corrected chi connectivity index (χ3v) is 6.14. The van der Waals surface area contributed by atoms with Crippen molar-refractivity contribution >= 4 is 62.5 Å². The van der Waals surface area contributed by atoms with Gasteiger partial charge in [0.1, 0.15) is 0 Å². The van der Waals surface area contributed by atoms with Crippen molar-refractivity contribution in [2.75, 3.05) is 5.32 Å². The molecule has 1 unspecified atom stereocenters. The summed E-state index contributed by atoms with van der Waals surface area (Å²) in [4.78, 5) is 23.7. The number of ketones is 1. The van der Waals surface area contributed by atoms with Gasteiger partial charge in [0.05, 0.1) is 21.4 Å². The molecule has 1 aromatic rings. The second-order valence-electron chi connectivity index (χ2n) is 4.13. The molecule has 1 atom stereocenters. The predicted octanol–water partition coefficient (Wildman–Crippen LogP) is 1.89. The molecule has 7 nitrogen and oxygen atoms in total. The first-order valence-corrected chi connectivity index (χ1v) is 8.94. The molecular weight excluding hydrogens is 373 g/mol. The van der Waals surface area contributed by atoms with Crippen molar-refractivity contribution < 1.29 is 18.0 Å². The fourth-order valence-corrected chi connectivity index (χ4v) is 3.82. The first-order chi connectivity index (χ1) is 10.2. The summed E-state index contributed by atoms with van der Waals surface area (Å²) in [6.45, 7) is 0. The van der Waals surface area contributed by atoms with Crippen molar-refractivity contribution in [3.8, 4) is 0 Å². The zero-order valence-corrected chi connectivity index (χ0v) is 13.8. The number of urea groups is 1. The highest BCUT2D eigenvalue weighted by molar-refractivity contribution is 8.16. The number of anilines is 1. The maximum atomic E-state index is 11.8. The average Bonchev–Trinajstić information content (AvgIpc) is 2.76. The number of carbonyl (C=O) groups excluding carboxylic acids is 2. The zero-order valence-electron chi connectivity index (χ0n) is 10.7. The van der Waals surface area contributed by atoms with Crippen LogP contribution in [0.1, 0.15) is 0 Å². The topological polar surface area (TPSA) is 118 Å². The Hall–Kier alpha value is -1.26. The molecule has 2 amide bonds. The number of nitrogens with two attached hydrogens (primary N) is 1. The van der Waals surface area contributed by atoms with Gasteiger partial charge < -0.3 is 10.6 Å². The Bertz CT molecular complexity index is 780. The summed E-state index contributed by atoms with van der Waals surface area (Å²) in [6.07, 6.45) is 0. The number of primary sulfonamides is 1. The van der Waals surface area contributed by atoms with E-state index in [1.165, 1.54) is 11.5 Å². The van der Waals surface area contributed by atoms with Crippen LogP contribution in [0.2, 0.25) is 10.0 Å². The number of benzene rings is 1. The van der Waals surface area contributed by atoms with E-state index in [-0.39, 0.29) is 21.4 Å². The lowest BCUT2D eigenvalue weighted by atomic mass is 10.3. The SMILES string of the molecule is NS(=O)(=O)C1SC=C(NC(=O)Nc2cccc(Cl)c2Cl)C1=O. The number of thioether (sulfide) groups is 1. The lowest BCUT2D eigenvalue weighted by Gasteiger charge is -2.10. The highest BCUT2D eigenvalue weighted by Gasteiger charge is 2.37. The minimum absolute atomic E-state index is 0.142. The molecule has 1 aliphatic rings. The van der Waals surface area contributed by atoms with Crippen molar-refractivity contribution in [1.29, 1.82) is 0 Å². The molecule has 0 saturated heterocycles. The molecule has 1 heterocycles. The monoisotopic (exact) mass is 381 g/mol. The Kier molecular flexibility index (Phi) is 5.03. The number of sulfonamides is 1. The second-order valence-corrected chi connectivity index (χ2v) is 7.85. The van der Waals surface area contributed by atoms with Crippen LogP contribution < -0.4 is 15.8 Å². The molecule has 0 radical (unpaired) electrons. The molecular formula is C11H9Cl2N3O4S2. The van der Waals surface area contributed by atoms with Crippen LogP contribution in [0.5, 0.6) is 0 Å². The minimum atomic E-state index is -4.04. The third-order valence-electron chi connectivity index (χ3n) is 2.54. The van der Waals surface area contributed by atoms with E-state index in [2.05, 4.69) is 10.6 Å². The first-order valence-electron chi connectivity index (χ1n) is 5.63. The summed E-state index contributed by atoms with van der Waals surface area (Å²) >= 11 is 12.4. The largest absolute Gasteiger partial charge is 0.323 e. The van der Waals surface area contributed by atoms with Gasteiger partial charge in [0.2, 0.25) is 15.8 Å². The fourth-order valence-electron chi connectivity index (χ4n) is 1.57. The van der Waals surface area contributed by atoms with Crippen LogP contribution in [-0.2, 0) is 14.8 Å². The van der Waals surface area contributed by atoms with E-state index in [4.69, 9.17) is 28.3 Å². The van der Waals surface area contributed by atoms with Crippen molar-refractivity contribution in [2.45, 2.75) is 4.58 Å². The highest BCUT2D eigenvalue weighted by Crippen LogP contribution is 2.30. The van der Waals surface area contributed by atoms with E-state index in [9.17, 15) is 18.0 Å². The molecule has 0 aromatic heterocycles. The molecule has 2 rings (SSSR count). The van der Waals surface area contributed by atoms with Crippen LogP contribution in [0.15, 0.2) is 29.3 Å². The number of hydrogen-bond acceptors (Lipinski definition) is 5. The number of allylic oxidation sites excluding steroid dienone is 1. The van der Waals surface area contributed by atoms with Gasteiger partial charge in [-0.25, -0.2) is 18.4 Å². The van der Waals surface area contributed by atoms with Gasteiger partial charge in [-0.1, -0.05) is 29.3 Å². The summed E-state index contributed by atoms with van der Waals surface area (Å²) in [6, 6.07) is 3.88. The Morgan fingerprint density at radius 3 is 2.55 bits per heavy atom. The zero-order chi connectivity index (χ0) is 16.5. The molecule has 0 aliphatic carbocycles. The molecule has 118 valence electrons. The first kappa shape index (κ1) is 17.1. The van der Waals surface area contributed by atoms with Gasteiger partial charge in [-0.3, -0.25) is 4.79 Å². The van der Waals surface area contributed by atoms with Crippen LogP contribution in [0.3, 0.4) is 0 Å². The number of hydrogen-bond donors (Lipinski definition) is 3. The number of rotatable bonds is 3. The summed E-state index contributed by atoms with van der Waals surface area (Å²) in [7, 11) is -4.04. The standard InChI is InChI=1S/C11H9Cl2N3O4S2/c12-5-2-1-3-6(8(5)13)15-11(18)16-7-4-21-10(9(7)17)22(14,19)20/h1-4,10H,(H2,14,19,20)(H2,15,16,18). The molecule has 1 aromatic carbocycles. The molecule has 22 heavy (non-hydrogen) atoms. The predicted molar refractivity (Wildman–Crippen MR) is 86.2 cm³/mol. The minimum Gasteiger partial charge on any atom is -0.306 e. The molecule has 4 N–H and O–H groups in total. The molecule has 11 heteroatoms. The van der Waals surface area contributed by atoms with Crippen LogP contribution in [0.25, 0.3) is 0 Å². The number of Topliss-reactive ketones (excluding diaryl/α,β-unsaturated/α-hetero) is 1. The quantitative estimate of drug-likeness (QED) is 0.738. The maximum absolute atomic E-state index is 11.8. The normalized spacial score (nSPS) is 18.0. The van der Waals surface area contributed by atoms with Crippen LogP contribution in [0.4, 0.5) is 10.5 Å². The van der Waals surface area contributed by atoms with Crippen molar-refractivity contribution in [2.24, 2.45) is 5.14 Å². The summed E-state index contributed by atoms with van der Waals surface area (Å²) in [5.74, 6) is -0.792. The average molecular weight is 382 g/mol. The smallest absolute Gasteiger partial charge is 0.306 e. The van der Waals surface area contributed by atoms with Crippen molar-refractivity contribution in [3.63, 3.8) is 0 Å². The van der Waals surface area contributed by atoms with E-state index < -0.39 is 26.4 Å². The third kappa shape index (κ3) is 3.73. The number of carbonyl (C=O) groups is 2. The lowest BCUT2D eigenvalue weighted by molar-refractivity contribution is -0.113. The van der Waals surface area contributed by atoms with Crippen LogP contribution >= 0.6 is 35.0 Å². The van der Waals surface area contributed by atoms with Crippen LogP contribution in [-0.4, -0.2) is 24.8 Å². The van der Waals surface area contributed by atoms with E-state index >= 15 is 0 Å². The maximum Gasteiger partial charge on any atom is 0.323 e. The Labute approximate surface area is 140 Å². The number of halogens is 2. The van der Waals surface area contributed by atoms with Gasteiger partial charge >= 0.3 is 6.03 Å². The van der Waals surface area contributed by atoms with Gasteiger partial charge in [0.25, 0.3) is 0 Å². The lowest BCUT2D eigenvalue weighted by Crippen LogP contribution is -2.36. The molecule has 0 saturated carbocycles. The molecule has 0 spiro atoms. The van der Waals surface area contributed by atoms with E-state index in [0.717, 1.165) is 0 Å². The number of nitrogens with one attached hydrogen (secondary N) is 2. The Morgan fingerprint density at radius 2 is 1.95 bits per heavy atom. The molecule has 0 bridgehead atoms. The van der Waals surface area contributed by atoms with Gasteiger partial charge in [0, 0.05) is 5.41 Å². The fraction of sp³-hybridized carbons (Fsp3) is 0.0909. The van der Waals surface area contributed by atoms with E-state index in [1.807, 2.05) is 0 Å². The van der Waals surface area contributed by atoms with E-state index in [1.54, 1.807) is 12.1 Å². The van der Waals surface area contributed by atoms with Gasteiger partial charge in [0.15, 0.2) is 4.58 Å². The second kappa shape index (κ2) is 6.47. The number of amides is 2. The van der Waals surface area contributed by atoms with Crippen molar-refractivity contribution in [3.05, 3.63) is 39.3 Å². The van der Waals surface area contributed by atoms with Crippen molar-refractivity contribution in [1.82, 2.24) is 5.32 Å².